The number of likely N-dealkylation sites (tertiary alicyclic amines) is 1. The molecule has 0 aliphatic carbocycles. The monoisotopic (exact) mass is 226 g/mol. The van der Waals surface area contributed by atoms with Crippen molar-refractivity contribution in [2.45, 2.75) is 32.4 Å². The number of rotatable bonds is 3. The molecular formula is C10H14N2O2S. The molecule has 2 heterocycles. The van der Waals surface area contributed by atoms with E-state index in [9.17, 15) is 4.79 Å². The lowest BCUT2D eigenvalue weighted by Crippen LogP contribution is -2.35. The van der Waals surface area contributed by atoms with Gasteiger partial charge < -0.3 is 5.11 Å². The predicted molar refractivity (Wildman–Crippen MR) is 57.9 cm³/mol. The summed E-state index contributed by atoms with van der Waals surface area (Å²) in [5.41, 5.74) is 0. The Labute approximate surface area is 92.6 Å². The van der Waals surface area contributed by atoms with Crippen LogP contribution < -0.4 is 0 Å². The minimum absolute atomic E-state index is 0.299. The number of aliphatic carboxylic acids is 1. The smallest absolute Gasteiger partial charge is 0.320 e. The second kappa shape index (κ2) is 4.28. The van der Waals surface area contributed by atoms with Gasteiger partial charge in [0.25, 0.3) is 0 Å². The number of carboxylic acid groups (broad SMARTS) is 1. The van der Waals surface area contributed by atoms with E-state index in [-0.39, 0.29) is 6.04 Å². The maximum Gasteiger partial charge on any atom is 0.320 e. The van der Waals surface area contributed by atoms with Crippen molar-refractivity contribution in [3.63, 3.8) is 0 Å². The Hall–Kier alpha value is -0.940. The third-order valence-electron chi connectivity index (χ3n) is 2.68. The van der Waals surface area contributed by atoms with Gasteiger partial charge in [0.05, 0.1) is 5.01 Å². The molecule has 1 fully saturated rings. The largest absolute Gasteiger partial charge is 0.480 e. The Morgan fingerprint density at radius 3 is 3.20 bits per heavy atom. The molecule has 1 atom stereocenters. The topological polar surface area (TPSA) is 53.4 Å². The van der Waals surface area contributed by atoms with E-state index in [0.29, 0.717) is 0 Å². The van der Waals surface area contributed by atoms with Crippen LogP contribution in [0, 0.1) is 6.92 Å². The fourth-order valence-electron chi connectivity index (χ4n) is 1.97. The van der Waals surface area contributed by atoms with Gasteiger partial charge in [-0.25, -0.2) is 4.98 Å². The molecule has 1 saturated heterocycles. The van der Waals surface area contributed by atoms with Gasteiger partial charge in [0.2, 0.25) is 0 Å². The van der Waals surface area contributed by atoms with Crippen LogP contribution in [0.25, 0.3) is 0 Å². The van der Waals surface area contributed by atoms with E-state index >= 15 is 0 Å². The normalized spacial score (nSPS) is 22.1. The zero-order valence-corrected chi connectivity index (χ0v) is 9.46. The van der Waals surface area contributed by atoms with Crippen LogP contribution in [0.5, 0.6) is 0 Å². The first-order chi connectivity index (χ1) is 7.16. The van der Waals surface area contributed by atoms with Crippen molar-refractivity contribution in [3.05, 3.63) is 16.1 Å². The minimum atomic E-state index is -0.700. The molecule has 1 aromatic rings. The number of hydrogen-bond donors (Lipinski definition) is 1. The highest BCUT2D eigenvalue weighted by molar-refractivity contribution is 7.11. The zero-order valence-electron chi connectivity index (χ0n) is 8.64. The maximum absolute atomic E-state index is 11.0. The summed E-state index contributed by atoms with van der Waals surface area (Å²) in [4.78, 5) is 18.3. The highest BCUT2D eigenvalue weighted by Gasteiger charge is 2.30. The Morgan fingerprint density at radius 1 is 1.80 bits per heavy atom. The molecule has 1 aromatic heterocycles. The SMILES string of the molecule is Cc1ncc(CN2CCC[C@@H]2C(=O)O)s1. The summed E-state index contributed by atoms with van der Waals surface area (Å²) >= 11 is 1.64. The molecule has 0 unspecified atom stereocenters. The molecule has 82 valence electrons. The fourth-order valence-corrected chi connectivity index (χ4v) is 2.79. The zero-order chi connectivity index (χ0) is 10.8. The van der Waals surface area contributed by atoms with Crippen molar-refractivity contribution in [1.82, 2.24) is 9.88 Å². The Balaban J connectivity index is 2.02. The van der Waals surface area contributed by atoms with E-state index in [1.807, 2.05) is 18.0 Å². The van der Waals surface area contributed by atoms with Crippen molar-refractivity contribution in [3.8, 4) is 0 Å². The summed E-state index contributed by atoms with van der Waals surface area (Å²) in [5.74, 6) is -0.700. The van der Waals surface area contributed by atoms with Gasteiger partial charge in [-0.15, -0.1) is 11.3 Å². The highest BCUT2D eigenvalue weighted by atomic mass is 32.1. The summed E-state index contributed by atoms with van der Waals surface area (Å²) in [6.07, 6.45) is 3.60. The molecule has 5 heteroatoms. The summed E-state index contributed by atoms with van der Waals surface area (Å²) in [5, 5.41) is 10.1. The third kappa shape index (κ3) is 2.35. The lowest BCUT2D eigenvalue weighted by molar-refractivity contribution is -0.142. The van der Waals surface area contributed by atoms with Gasteiger partial charge in [0, 0.05) is 17.6 Å². The number of thiazole rings is 1. The molecule has 15 heavy (non-hydrogen) atoms. The average Bonchev–Trinajstić information content (AvgIpc) is 2.75. The quantitative estimate of drug-likeness (QED) is 0.848. The minimum Gasteiger partial charge on any atom is -0.480 e. The predicted octanol–water partition coefficient (Wildman–Crippen LogP) is 1.50. The van der Waals surface area contributed by atoms with Crippen LogP contribution in [0.4, 0.5) is 0 Å². The van der Waals surface area contributed by atoms with Crippen LogP contribution in [-0.4, -0.2) is 33.5 Å². The number of nitrogens with zero attached hydrogens (tertiary/aromatic N) is 2. The first-order valence-electron chi connectivity index (χ1n) is 5.05. The van der Waals surface area contributed by atoms with Gasteiger partial charge in [-0.1, -0.05) is 0 Å². The second-order valence-electron chi connectivity index (χ2n) is 3.81. The number of carbonyl (C=O) groups is 1. The van der Waals surface area contributed by atoms with E-state index in [1.165, 1.54) is 0 Å². The summed E-state index contributed by atoms with van der Waals surface area (Å²) < 4.78 is 0. The Morgan fingerprint density at radius 2 is 2.60 bits per heavy atom. The molecule has 4 nitrogen and oxygen atoms in total. The molecule has 0 radical (unpaired) electrons. The first-order valence-corrected chi connectivity index (χ1v) is 5.86. The van der Waals surface area contributed by atoms with Crippen LogP contribution in [-0.2, 0) is 11.3 Å². The van der Waals surface area contributed by atoms with Gasteiger partial charge in [0.15, 0.2) is 0 Å². The highest BCUT2D eigenvalue weighted by Crippen LogP contribution is 2.22. The van der Waals surface area contributed by atoms with Gasteiger partial charge >= 0.3 is 5.97 Å². The Bertz CT molecular complexity index is 364. The molecule has 1 aliphatic rings. The maximum atomic E-state index is 11.0. The third-order valence-corrected chi connectivity index (χ3v) is 3.57. The standard InChI is InChI=1S/C10H14N2O2S/c1-7-11-5-8(15-7)6-12-4-2-3-9(12)10(13)14/h5,9H,2-4,6H2,1H3,(H,13,14)/t9-/m1/s1. The van der Waals surface area contributed by atoms with Gasteiger partial charge in [-0.05, 0) is 26.3 Å². The Kier molecular flexibility index (Phi) is 3.02. The summed E-state index contributed by atoms with van der Waals surface area (Å²) in [7, 11) is 0. The molecule has 0 aromatic carbocycles. The molecule has 0 bridgehead atoms. The van der Waals surface area contributed by atoms with E-state index < -0.39 is 5.97 Å². The van der Waals surface area contributed by atoms with Crippen LogP contribution in [0.3, 0.4) is 0 Å². The first kappa shape index (κ1) is 10.6. The number of aromatic nitrogens is 1. The van der Waals surface area contributed by atoms with Crippen LogP contribution >= 0.6 is 11.3 Å². The van der Waals surface area contributed by atoms with Gasteiger partial charge in [-0.2, -0.15) is 0 Å². The lowest BCUT2D eigenvalue weighted by atomic mass is 10.2. The van der Waals surface area contributed by atoms with E-state index in [1.54, 1.807) is 11.3 Å². The van der Waals surface area contributed by atoms with Crippen molar-refractivity contribution in [2.75, 3.05) is 6.54 Å². The van der Waals surface area contributed by atoms with Crippen molar-refractivity contribution in [1.29, 1.82) is 0 Å². The average molecular weight is 226 g/mol. The van der Waals surface area contributed by atoms with E-state index in [4.69, 9.17) is 5.11 Å². The second-order valence-corrected chi connectivity index (χ2v) is 5.13. The van der Waals surface area contributed by atoms with Crippen molar-refractivity contribution < 1.29 is 9.90 Å². The molecule has 0 saturated carbocycles. The molecule has 0 spiro atoms. The fraction of sp³-hybridized carbons (Fsp3) is 0.600. The van der Waals surface area contributed by atoms with Crippen LogP contribution in [0.1, 0.15) is 22.7 Å². The lowest BCUT2D eigenvalue weighted by Gasteiger charge is -2.19. The number of aryl methyl sites for hydroxylation is 1. The summed E-state index contributed by atoms with van der Waals surface area (Å²) in [6.45, 7) is 3.57. The number of hydrogen-bond acceptors (Lipinski definition) is 4. The van der Waals surface area contributed by atoms with Gasteiger partial charge in [0.1, 0.15) is 6.04 Å². The molecular weight excluding hydrogens is 212 g/mol. The molecule has 1 N–H and O–H groups in total. The van der Waals surface area contributed by atoms with E-state index in [0.717, 1.165) is 35.8 Å². The molecule has 2 rings (SSSR count). The van der Waals surface area contributed by atoms with Crippen molar-refractivity contribution >= 4 is 17.3 Å². The summed E-state index contributed by atoms with van der Waals surface area (Å²) in [6, 6.07) is -0.299. The van der Waals surface area contributed by atoms with Crippen LogP contribution in [0.15, 0.2) is 6.20 Å². The van der Waals surface area contributed by atoms with Crippen molar-refractivity contribution in [2.24, 2.45) is 0 Å². The van der Waals surface area contributed by atoms with E-state index in [2.05, 4.69) is 4.98 Å². The number of carboxylic acids is 1. The van der Waals surface area contributed by atoms with Gasteiger partial charge in [-0.3, -0.25) is 9.69 Å². The molecule has 1 aliphatic heterocycles. The molecule has 0 amide bonds. The van der Waals surface area contributed by atoms with Crippen LogP contribution in [0.2, 0.25) is 0 Å².